The minimum Gasteiger partial charge on any atom is -0.744 e. The number of rotatable bonds is 4. The summed E-state index contributed by atoms with van der Waals surface area (Å²) in [5.74, 6) is -0.267. The number of hydrogen-bond donors (Lipinski definition) is 1. The molecule has 0 atom stereocenters. The van der Waals surface area contributed by atoms with Crippen molar-refractivity contribution >= 4 is 32.4 Å². The Bertz CT molecular complexity index is 1490. The van der Waals surface area contributed by atoms with E-state index in [0.717, 1.165) is 6.07 Å². The molecular formula is C23H17N2O5S-. The second-order valence-corrected chi connectivity index (χ2v) is 8.18. The van der Waals surface area contributed by atoms with Gasteiger partial charge in [-0.3, -0.25) is 14.4 Å². The Morgan fingerprint density at radius 3 is 2.26 bits per heavy atom. The summed E-state index contributed by atoms with van der Waals surface area (Å²) in [5.41, 5.74) is 0.476. The summed E-state index contributed by atoms with van der Waals surface area (Å²) in [5, 5.41) is 11.3. The molecule has 0 spiro atoms. The first-order chi connectivity index (χ1) is 14.8. The zero-order chi connectivity index (χ0) is 22.2. The molecule has 1 N–H and O–H groups in total. The minimum absolute atomic E-state index is 0.0778. The van der Waals surface area contributed by atoms with Gasteiger partial charge in [0.1, 0.15) is 21.4 Å². The lowest BCUT2D eigenvalue weighted by molar-refractivity contribution is 0.463. The van der Waals surface area contributed by atoms with Crippen molar-refractivity contribution in [3.8, 4) is 11.4 Å². The topological polar surface area (TPSA) is 112 Å². The molecule has 156 valence electrons. The van der Waals surface area contributed by atoms with Gasteiger partial charge >= 0.3 is 0 Å². The van der Waals surface area contributed by atoms with Gasteiger partial charge < -0.3 is 9.66 Å². The molecule has 0 bridgehead atoms. The lowest BCUT2D eigenvalue weighted by Crippen LogP contribution is -2.25. The van der Waals surface area contributed by atoms with E-state index in [1.807, 2.05) is 6.07 Å². The summed E-state index contributed by atoms with van der Waals surface area (Å²) in [6.07, 6.45) is 0. The molecular weight excluding hydrogens is 416 g/mol. The normalized spacial score (nSPS) is 12.3. The fourth-order valence-electron chi connectivity index (χ4n) is 3.48. The predicted molar refractivity (Wildman–Crippen MR) is 117 cm³/mol. The average Bonchev–Trinajstić information content (AvgIpc) is 2.74. The van der Waals surface area contributed by atoms with Crippen LogP contribution in [0.5, 0.6) is 5.75 Å². The van der Waals surface area contributed by atoms with Crippen LogP contribution in [0.4, 0.5) is 5.69 Å². The SMILES string of the molecule is CC(=Nc1ccccc1S(=O)(=O)[O-])c1c(O)c2ccccc2n(-c2ccccc2)c1=O. The maximum atomic E-state index is 13.5. The van der Waals surface area contributed by atoms with Crippen LogP contribution in [-0.2, 0) is 10.1 Å². The number of benzene rings is 3. The van der Waals surface area contributed by atoms with Gasteiger partial charge in [0, 0.05) is 11.1 Å². The molecule has 0 unspecified atom stereocenters. The molecule has 31 heavy (non-hydrogen) atoms. The lowest BCUT2D eigenvalue weighted by Gasteiger charge is -2.15. The van der Waals surface area contributed by atoms with Gasteiger partial charge in [-0.15, -0.1) is 0 Å². The van der Waals surface area contributed by atoms with E-state index < -0.39 is 20.6 Å². The molecule has 7 nitrogen and oxygen atoms in total. The molecule has 0 aliphatic rings. The third-order valence-corrected chi connectivity index (χ3v) is 5.74. The highest BCUT2D eigenvalue weighted by molar-refractivity contribution is 7.86. The first kappa shape index (κ1) is 20.5. The van der Waals surface area contributed by atoms with E-state index in [4.69, 9.17) is 0 Å². The zero-order valence-electron chi connectivity index (χ0n) is 16.4. The largest absolute Gasteiger partial charge is 0.744 e. The van der Waals surface area contributed by atoms with Crippen LogP contribution in [0, 0.1) is 0 Å². The fourth-order valence-corrected chi connectivity index (χ4v) is 4.10. The van der Waals surface area contributed by atoms with Crippen molar-refractivity contribution in [2.75, 3.05) is 0 Å². The molecule has 4 aromatic rings. The highest BCUT2D eigenvalue weighted by Gasteiger charge is 2.20. The quantitative estimate of drug-likeness (QED) is 0.389. The Hall–Kier alpha value is -3.75. The van der Waals surface area contributed by atoms with Crippen molar-refractivity contribution in [1.82, 2.24) is 4.57 Å². The first-order valence-electron chi connectivity index (χ1n) is 9.32. The van der Waals surface area contributed by atoms with Crippen molar-refractivity contribution in [1.29, 1.82) is 0 Å². The summed E-state index contributed by atoms with van der Waals surface area (Å²) in [4.78, 5) is 17.2. The van der Waals surface area contributed by atoms with Gasteiger partial charge in [-0.2, -0.15) is 0 Å². The van der Waals surface area contributed by atoms with Gasteiger partial charge in [-0.25, -0.2) is 8.42 Å². The van der Waals surface area contributed by atoms with Crippen molar-refractivity contribution in [3.05, 3.63) is 94.8 Å². The predicted octanol–water partition coefficient (Wildman–Crippen LogP) is 3.74. The molecule has 0 radical (unpaired) electrons. The zero-order valence-corrected chi connectivity index (χ0v) is 17.2. The molecule has 0 saturated carbocycles. The summed E-state index contributed by atoms with van der Waals surface area (Å²) in [7, 11) is -4.77. The summed E-state index contributed by atoms with van der Waals surface area (Å²) < 4.78 is 36.2. The third-order valence-electron chi connectivity index (χ3n) is 4.85. The van der Waals surface area contributed by atoms with Gasteiger partial charge in [0.2, 0.25) is 0 Å². The average molecular weight is 433 g/mol. The van der Waals surface area contributed by atoms with E-state index in [9.17, 15) is 22.9 Å². The van der Waals surface area contributed by atoms with E-state index in [2.05, 4.69) is 4.99 Å². The number of aromatic nitrogens is 1. The Morgan fingerprint density at radius 1 is 0.935 bits per heavy atom. The number of para-hydroxylation sites is 3. The Labute approximate surface area is 178 Å². The molecule has 0 aliphatic carbocycles. The summed E-state index contributed by atoms with van der Waals surface area (Å²) >= 11 is 0. The van der Waals surface area contributed by atoms with Gasteiger partial charge in [-0.05, 0) is 43.3 Å². The highest BCUT2D eigenvalue weighted by atomic mass is 32.2. The minimum atomic E-state index is -4.77. The maximum absolute atomic E-state index is 13.5. The van der Waals surface area contributed by atoms with E-state index in [1.54, 1.807) is 48.5 Å². The number of hydrogen-bond acceptors (Lipinski definition) is 6. The van der Waals surface area contributed by atoms with Crippen molar-refractivity contribution < 1.29 is 18.1 Å². The lowest BCUT2D eigenvalue weighted by atomic mass is 10.1. The van der Waals surface area contributed by atoms with Crippen LogP contribution >= 0.6 is 0 Å². The van der Waals surface area contributed by atoms with Crippen LogP contribution in [0.25, 0.3) is 16.6 Å². The van der Waals surface area contributed by atoms with E-state index >= 15 is 0 Å². The number of pyridine rings is 1. The molecule has 0 saturated heterocycles. The monoisotopic (exact) mass is 433 g/mol. The van der Waals surface area contributed by atoms with Gasteiger partial charge in [-0.1, -0.05) is 42.5 Å². The van der Waals surface area contributed by atoms with Crippen LogP contribution < -0.4 is 5.56 Å². The summed E-state index contributed by atoms with van der Waals surface area (Å²) in [6, 6.07) is 21.3. The van der Waals surface area contributed by atoms with Crippen LogP contribution in [0.1, 0.15) is 12.5 Å². The van der Waals surface area contributed by atoms with Crippen molar-refractivity contribution in [2.45, 2.75) is 11.8 Å². The van der Waals surface area contributed by atoms with E-state index in [-0.39, 0.29) is 22.7 Å². The first-order valence-corrected chi connectivity index (χ1v) is 10.7. The highest BCUT2D eigenvalue weighted by Crippen LogP contribution is 2.30. The van der Waals surface area contributed by atoms with Crippen LogP contribution in [-0.4, -0.2) is 28.4 Å². The Morgan fingerprint density at radius 2 is 1.55 bits per heavy atom. The Kier molecular flexibility index (Phi) is 5.18. The molecule has 8 heteroatoms. The number of fused-ring (bicyclic) bond motifs is 1. The molecule has 0 aliphatic heterocycles. The molecule has 1 aromatic heterocycles. The van der Waals surface area contributed by atoms with Crippen LogP contribution in [0.3, 0.4) is 0 Å². The molecule has 4 rings (SSSR count). The second kappa shape index (κ2) is 7.82. The number of aromatic hydroxyl groups is 1. The fraction of sp³-hybridized carbons (Fsp3) is 0.0435. The maximum Gasteiger partial charge on any atom is 0.268 e. The van der Waals surface area contributed by atoms with Crippen molar-refractivity contribution in [2.24, 2.45) is 4.99 Å². The van der Waals surface area contributed by atoms with Gasteiger partial charge in [0.15, 0.2) is 0 Å². The van der Waals surface area contributed by atoms with Crippen molar-refractivity contribution in [3.63, 3.8) is 0 Å². The second-order valence-electron chi connectivity index (χ2n) is 6.84. The molecule has 1 heterocycles. The third kappa shape index (κ3) is 3.74. The molecule has 0 amide bonds. The molecule has 0 fully saturated rings. The van der Waals surface area contributed by atoms with Gasteiger partial charge in [0.05, 0.1) is 21.8 Å². The standard InChI is InChI=1S/C23H18N2O5S/c1-15(24-18-12-6-8-14-20(18)31(28,29)30)21-22(26)17-11-5-7-13-19(17)25(23(21)27)16-9-3-2-4-10-16/h2-14,26H,1H3,(H,28,29,30)/p-1. The van der Waals surface area contributed by atoms with Crippen LogP contribution in [0.15, 0.2) is 93.5 Å². The number of nitrogens with zero attached hydrogens (tertiary/aromatic N) is 2. The molecule has 3 aromatic carbocycles. The smallest absolute Gasteiger partial charge is 0.268 e. The van der Waals surface area contributed by atoms with E-state index in [1.165, 1.54) is 29.7 Å². The number of aliphatic imine (C=N–C) groups is 1. The summed E-state index contributed by atoms with van der Waals surface area (Å²) in [6.45, 7) is 1.48. The Balaban J connectivity index is 2.04. The van der Waals surface area contributed by atoms with Crippen LogP contribution in [0.2, 0.25) is 0 Å². The van der Waals surface area contributed by atoms with E-state index in [0.29, 0.717) is 16.6 Å². The van der Waals surface area contributed by atoms with Gasteiger partial charge in [0.25, 0.3) is 5.56 Å².